The summed E-state index contributed by atoms with van der Waals surface area (Å²) in [6, 6.07) is 0.679. The minimum absolute atomic E-state index is 0.171. The SMILES string of the molecule is CC[C@H](C)[C@@H](C)N(C(=O)CN1CCS(=O)(=O)CC1)C1CC1. The first kappa shape index (κ1) is 16.7. The van der Waals surface area contributed by atoms with Crippen LogP contribution in [0, 0.1) is 5.92 Å². The van der Waals surface area contributed by atoms with Crippen LogP contribution in [0.1, 0.15) is 40.0 Å². The molecule has 0 radical (unpaired) electrons. The molecule has 2 rings (SSSR count). The van der Waals surface area contributed by atoms with Gasteiger partial charge in [-0.1, -0.05) is 20.3 Å². The van der Waals surface area contributed by atoms with Crippen LogP contribution in [0.2, 0.25) is 0 Å². The van der Waals surface area contributed by atoms with Gasteiger partial charge in [-0.2, -0.15) is 0 Å². The second kappa shape index (κ2) is 6.65. The van der Waals surface area contributed by atoms with Crippen molar-refractivity contribution in [2.75, 3.05) is 31.1 Å². The van der Waals surface area contributed by atoms with Crippen molar-refractivity contribution < 1.29 is 13.2 Å². The summed E-state index contributed by atoms with van der Waals surface area (Å²) in [5, 5.41) is 0. The zero-order valence-corrected chi connectivity index (χ0v) is 14.2. The molecule has 1 aliphatic heterocycles. The largest absolute Gasteiger partial charge is 0.336 e. The van der Waals surface area contributed by atoms with Crippen molar-refractivity contribution in [1.82, 2.24) is 9.80 Å². The third-order valence-electron chi connectivity index (χ3n) is 4.93. The number of carbonyl (C=O) groups excluding carboxylic acids is 1. The molecule has 5 nitrogen and oxygen atoms in total. The van der Waals surface area contributed by atoms with Gasteiger partial charge in [-0.05, 0) is 25.7 Å². The van der Waals surface area contributed by atoms with E-state index < -0.39 is 9.84 Å². The van der Waals surface area contributed by atoms with Gasteiger partial charge in [0.05, 0.1) is 18.1 Å². The maximum atomic E-state index is 12.7. The van der Waals surface area contributed by atoms with E-state index in [0.717, 1.165) is 19.3 Å². The lowest BCUT2D eigenvalue weighted by atomic mass is 9.99. The van der Waals surface area contributed by atoms with Crippen LogP contribution in [-0.2, 0) is 14.6 Å². The van der Waals surface area contributed by atoms with E-state index in [9.17, 15) is 13.2 Å². The Balaban J connectivity index is 1.93. The summed E-state index contributed by atoms with van der Waals surface area (Å²) in [7, 11) is -2.88. The van der Waals surface area contributed by atoms with Crippen LogP contribution in [0.4, 0.5) is 0 Å². The Labute approximate surface area is 128 Å². The molecule has 0 aromatic heterocycles. The van der Waals surface area contributed by atoms with Crippen LogP contribution in [0.25, 0.3) is 0 Å². The van der Waals surface area contributed by atoms with Crippen molar-refractivity contribution >= 4 is 15.7 Å². The molecule has 0 N–H and O–H groups in total. The zero-order chi connectivity index (χ0) is 15.6. The van der Waals surface area contributed by atoms with Crippen LogP contribution in [0.15, 0.2) is 0 Å². The molecule has 0 bridgehead atoms. The number of amides is 1. The minimum Gasteiger partial charge on any atom is -0.336 e. The highest BCUT2D eigenvalue weighted by Crippen LogP contribution is 2.31. The van der Waals surface area contributed by atoms with E-state index in [0.29, 0.717) is 31.6 Å². The Hall–Kier alpha value is -0.620. The lowest BCUT2D eigenvalue weighted by molar-refractivity contribution is -0.136. The molecule has 21 heavy (non-hydrogen) atoms. The van der Waals surface area contributed by atoms with E-state index in [1.807, 2.05) is 4.90 Å². The summed E-state index contributed by atoms with van der Waals surface area (Å²) < 4.78 is 22.9. The Morgan fingerprint density at radius 2 is 1.81 bits per heavy atom. The van der Waals surface area contributed by atoms with E-state index in [4.69, 9.17) is 0 Å². The first-order valence-electron chi connectivity index (χ1n) is 8.08. The third-order valence-corrected chi connectivity index (χ3v) is 6.54. The predicted molar refractivity (Wildman–Crippen MR) is 83.9 cm³/mol. The lowest BCUT2D eigenvalue weighted by Gasteiger charge is -2.35. The molecule has 0 spiro atoms. The Bertz CT molecular complexity index is 459. The fraction of sp³-hybridized carbons (Fsp3) is 0.933. The Kier molecular flexibility index (Phi) is 5.30. The van der Waals surface area contributed by atoms with Gasteiger partial charge in [0.1, 0.15) is 0 Å². The quantitative estimate of drug-likeness (QED) is 0.737. The van der Waals surface area contributed by atoms with Gasteiger partial charge in [-0.25, -0.2) is 8.42 Å². The molecule has 0 aromatic rings. The molecule has 122 valence electrons. The summed E-state index contributed by atoms with van der Waals surface area (Å²) in [4.78, 5) is 16.7. The molecular formula is C15H28N2O3S. The number of rotatable bonds is 6. The molecule has 1 saturated heterocycles. The number of sulfone groups is 1. The van der Waals surface area contributed by atoms with E-state index in [2.05, 4.69) is 25.7 Å². The van der Waals surface area contributed by atoms with Crippen molar-refractivity contribution in [1.29, 1.82) is 0 Å². The van der Waals surface area contributed by atoms with Gasteiger partial charge in [0, 0.05) is 25.2 Å². The van der Waals surface area contributed by atoms with Crippen molar-refractivity contribution in [3.05, 3.63) is 0 Å². The fourth-order valence-electron chi connectivity index (χ4n) is 2.91. The summed E-state index contributed by atoms with van der Waals surface area (Å²) >= 11 is 0. The smallest absolute Gasteiger partial charge is 0.237 e. The molecule has 0 unspecified atom stereocenters. The molecule has 1 amide bonds. The normalized spacial score (nSPS) is 25.3. The third kappa shape index (κ3) is 4.42. The molecule has 0 aromatic carbocycles. The van der Waals surface area contributed by atoms with E-state index in [-0.39, 0.29) is 23.5 Å². The molecular weight excluding hydrogens is 288 g/mol. The second-order valence-electron chi connectivity index (χ2n) is 6.59. The maximum Gasteiger partial charge on any atom is 0.237 e. The van der Waals surface area contributed by atoms with Gasteiger partial charge in [0.2, 0.25) is 5.91 Å². The highest BCUT2D eigenvalue weighted by atomic mass is 32.2. The van der Waals surface area contributed by atoms with Crippen molar-refractivity contribution in [3.63, 3.8) is 0 Å². The van der Waals surface area contributed by atoms with Crippen LogP contribution < -0.4 is 0 Å². The van der Waals surface area contributed by atoms with Gasteiger partial charge in [0.15, 0.2) is 9.84 Å². The second-order valence-corrected chi connectivity index (χ2v) is 8.89. The van der Waals surface area contributed by atoms with E-state index in [1.54, 1.807) is 0 Å². The molecule has 2 atom stereocenters. The van der Waals surface area contributed by atoms with Crippen molar-refractivity contribution in [2.24, 2.45) is 5.92 Å². The zero-order valence-electron chi connectivity index (χ0n) is 13.4. The average Bonchev–Trinajstić information content (AvgIpc) is 3.25. The topological polar surface area (TPSA) is 57.7 Å². The number of carbonyl (C=O) groups is 1. The van der Waals surface area contributed by atoms with Gasteiger partial charge in [-0.15, -0.1) is 0 Å². The molecule has 1 saturated carbocycles. The molecule has 2 fully saturated rings. The number of nitrogens with zero attached hydrogens (tertiary/aromatic N) is 2. The Morgan fingerprint density at radius 1 is 1.24 bits per heavy atom. The summed E-state index contributed by atoms with van der Waals surface area (Å²) in [5.74, 6) is 1.04. The van der Waals surface area contributed by atoms with E-state index in [1.165, 1.54) is 0 Å². The lowest BCUT2D eigenvalue weighted by Crippen LogP contribution is -2.50. The standard InChI is InChI=1S/C15H28N2O3S/c1-4-12(2)13(3)17(14-5-6-14)15(18)11-16-7-9-21(19,20)10-8-16/h12-14H,4-11H2,1-3H3/t12-,13+/m0/s1. The molecule has 1 aliphatic carbocycles. The average molecular weight is 316 g/mol. The number of hydrogen-bond donors (Lipinski definition) is 0. The van der Waals surface area contributed by atoms with Gasteiger partial charge in [0.25, 0.3) is 0 Å². The van der Waals surface area contributed by atoms with Crippen LogP contribution in [0.3, 0.4) is 0 Å². The Morgan fingerprint density at radius 3 is 2.29 bits per heavy atom. The molecule has 6 heteroatoms. The molecule has 2 aliphatic rings. The highest BCUT2D eigenvalue weighted by Gasteiger charge is 2.37. The molecule has 1 heterocycles. The summed E-state index contributed by atoms with van der Waals surface area (Å²) in [6.45, 7) is 7.85. The highest BCUT2D eigenvalue weighted by molar-refractivity contribution is 7.91. The first-order chi connectivity index (χ1) is 9.84. The summed E-state index contributed by atoms with van der Waals surface area (Å²) in [5.41, 5.74) is 0. The van der Waals surface area contributed by atoms with Crippen LogP contribution >= 0.6 is 0 Å². The van der Waals surface area contributed by atoms with Crippen molar-refractivity contribution in [3.8, 4) is 0 Å². The maximum absolute atomic E-state index is 12.7. The fourth-order valence-corrected chi connectivity index (χ4v) is 4.19. The monoisotopic (exact) mass is 316 g/mol. The summed E-state index contributed by atoms with van der Waals surface area (Å²) in [6.07, 6.45) is 3.29. The predicted octanol–water partition coefficient (Wildman–Crippen LogP) is 1.14. The van der Waals surface area contributed by atoms with E-state index >= 15 is 0 Å². The van der Waals surface area contributed by atoms with Crippen LogP contribution in [-0.4, -0.2) is 67.3 Å². The number of hydrogen-bond acceptors (Lipinski definition) is 4. The first-order valence-corrected chi connectivity index (χ1v) is 9.90. The van der Waals surface area contributed by atoms with Gasteiger partial charge in [-0.3, -0.25) is 9.69 Å². The minimum atomic E-state index is -2.88. The van der Waals surface area contributed by atoms with Crippen LogP contribution in [0.5, 0.6) is 0 Å². The van der Waals surface area contributed by atoms with Gasteiger partial charge >= 0.3 is 0 Å². The van der Waals surface area contributed by atoms with Gasteiger partial charge < -0.3 is 4.90 Å². The van der Waals surface area contributed by atoms with Crippen molar-refractivity contribution in [2.45, 2.75) is 52.1 Å².